The van der Waals surface area contributed by atoms with Gasteiger partial charge in [0, 0.05) is 12.1 Å². The normalized spacial score (nSPS) is 10.9. The smallest absolute Gasteiger partial charge is 0.338 e. The topological polar surface area (TPSA) is 105 Å². The third-order valence-corrected chi connectivity index (χ3v) is 3.46. The molecule has 0 radical (unpaired) electrons. The Bertz CT molecular complexity index is 593. The third kappa shape index (κ3) is 7.53. The molecule has 0 saturated heterocycles. The average molecular weight is 373 g/mol. The lowest BCUT2D eigenvalue weighted by Gasteiger charge is -2.12. The number of nitrogens with two attached hydrogens (primary N) is 1. The molecule has 0 aliphatic carbocycles. The number of hydrogen-bond donors (Lipinski definition) is 1. The number of nitrogens with zero attached hydrogens (tertiary/aromatic N) is 1. The SMILES string of the molecule is C=CCC(N)CCCOc1cc(C(=O)OC)cc([N+](=O)[O-])c1Cl.CC. The van der Waals surface area contributed by atoms with Crippen LogP contribution < -0.4 is 10.5 Å². The van der Waals surface area contributed by atoms with E-state index in [1.807, 2.05) is 13.8 Å². The number of carbonyl (C=O) groups is 1. The quantitative estimate of drug-likeness (QED) is 0.230. The average Bonchev–Trinajstić information content (AvgIpc) is 2.60. The lowest BCUT2D eigenvalue weighted by molar-refractivity contribution is -0.384. The fourth-order valence-electron chi connectivity index (χ4n) is 1.92. The number of methoxy groups -OCH3 is 1. The van der Waals surface area contributed by atoms with Gasteiger partial charge in [-0.2, -0.15) is 0 Å². The van der Waals surface area contributed by atoms with Gasteiger partial charge in [-0.3, -0.25) is 10.1 Å². The van der Waals surface area contributed by atoms with Crippen molar-refractivity contribution in [3.8, 4) is 5.75 Å². The minimum atomic E-state index is -0.706. The van der Waals surface area contributed by atoms with Gasteiger partial charge in [-0.25, -0.2) is 4.79 Å². The molecule has 0 aliphatic rings. The Balaban J connectivity index is 0.00000277. The highest BCUT2D eigenvalue weighted by molar-refractivity contribution is 6.34. The molecular weight excluding hydrogens is 348 g/mol. The fraction of sp³-hybridized carbons (Fsp3) is 0.471. The lowest BCUT2D eigenvalue weighted by atomic mass is 10.1. The van der Waals surface area contributed by atoms with Crippen LogP contribution in [-0.2, 0) is 4.74 Å². The van der Waals surface area contributed by atoms with Crippen LogP contribution in [0.25, 0.3) is 0 Å². The van der Waals surface area contributed by atoms with E-state index in [9.17, 15) is 14.9 Å². The van der Waals surface area contributed by atoms with E-state index in [4.69, 9.17) is 22.1 Å². The van der Waals surface area contributed by atoms with Crippen molar-refractivity contribution in [2.24, 2.45) is 5.73 Å². The van der Waals surface area contributed by atoms with Crippen molar-refractivity contribution >= 4 is 23.3 Å². The number of rotatable bonds is 9. The number of hydrogen-bond acceptors (Lipinski definition) is 6. The van der Waals surface area contributed by atoms with Gasteiger partial charge >= 0.3 is 5.97 Å². The monoisotopic (exact) mass is 372 g/mol. The van der Waals surface area contributed by atoms with E-state index in [0.29, 0.717) is 19.3 Å². The van der Waals surface area contributed by atoms with Crippen molar-refractivity contribution in [1.82, 2.24) is 0 Å². The van der Waals surface area contributed by atoms with Crippen molar-refractivity contribution < 1.29 is 19.2 Å². The first kappa shape index (κ1) is 22.9. The van der Waals surface area contributed by atoms with Crippen molar-refractivity contribution in [3.05, 3.63) is 45.5 Å². The predicted octanol–water partition coefficient (Wildman–Crippen LogP) is 4.12. The predicted molar refractivity (Wildman–Crippen MR) is 98.3 cm³/mol. The summed E-state index contributed by atoms with van der Waals surface area (Å²) >= 11 is 5.96. The second-order valence-electron chi connectivity index (χ2n) is 4.83. The van der Waals surface area contributed by atoms with Crippen LogP contribution in [0, 0.1) is 10.1 Å². The van der Waals surface area contributed by atoms with Crippen LogP contribution in [0.5, 0.6) is 5.75 Å². The molecule has 0 aromatic heterocycles. The molecule has 0 amide bonds. The van der Waals surface area contributed by atoms with E-state index in [1.165, 1.54) is 13.2 Å². The van der Waals surface area contributed by atoms with E-state index >= 15 is 0 Å². The van der Waals surface area contributed by atoms with Crippen LogP contribution in [0.3, 0.4) is 0 Å². The summed E-state index contributed by atoms with van der Waals surface area (Å²) in [5, 5.41) is 10.9. The molecular formula is C17H25ClN2O5. The van der Waals surface area contributed by atoms with Gasteiger partial charge in [-0.1, -0.05) is 31.5 Å². The van der Waals surface area contributed by atoms with Crippen LogP contribution >= 0.6 is 11.6 Å². The molecule has 0 heterocycles. The molecule has 25 heavy (non-hydrogen) atoms. The highest BCUT2D eigenvalue weighted by Gasteiger charge is 2.22. The van der Waals surface area contributed by atoms with Crippen LogP contribution in [0.15, 0.2) is 24.8 Å². The van der Waals surface area contributed by atoms with Gasteiger partial charge < -0.3 is 15.2 Å². The number of nitro groups is 1. The molecule has 0 fully saturated rings. The Kier molecular flexibility index (Phi) is 11.2. The number of esters is 1. The van der Waals surface area contributed by atoms with E-state index in [2.05, 4.69) is 11.3 Å². The van der Waals surface area contributed by atoms with Crippen molar-refractivity contribution in [3.63, 3.8) is 0 Å². The molecule has 1 atom stereocenters. The molecule has 8 heteroatoms. The molecule has 140 valence electrons. The molecule has 0 bridgehead atoms. The zero-order valence-corrected chi connectivity index (χ0v) is 15.5. The Morgan fingerprint density at radius 3 is 2.64 bits per heavy atom. The summed E-state index contributed by atoms with van der Waals surface area (Å²) in [7, 11) is 1.18. The molecule has 1 aromatic rings. The lowest BCUT2D eigenvalue weighted by Crippen LogP contribution is -2.19. The molecule has 7 nitrogen and oxygen atoms in total. The first-order valence-corrected chi connectivity index (χ1v) is 8.34. The number of carbonyl (C=O) groups excluding carboxylic acids is 1. The van der Waals surface area contributed by atoms with Gasteiger partial charge in [0.2, 0.25) is 0 Å². The second-order valence-corrected chi connectivity index (χ2v) is 5.21. The van der Waals surface area contributed by atoms with E-state index in [-0.39, 0.29) is 29.0 Å². The summed E-state index contributed by atoms with van der Waals surface area (Å²) < 4.78 is 10.0. The van der Waals surface area contributed by atoms with E-state index < -0.39 is 16.6 Å². The van der Waals surface area contributed by atoms with Gasteiger partial charge in [0.05, 0.1) is 24.2 Å². The van der Waals surface area contributed by atoms with Gasteiger partial charge in [0.25, 0.3) is 5.69 Å². The van der Waals surface area contributed by atoms with Gasteiger partial charge in [0.15, 0.2) is 5.02 Å². The van der Waals surface area contributed by atoms with Crippen molar-refractivity contribution in [1.29, 1.82) is 0 Å². The number of ether oxygens (including phenoxy) is 2. The highest BCUT2D eigenvalue weighted by atomic mass is 35.5. The molecule has 0 saturated carbocycles. The fourth-order valence-corrected chi connectivity index (χ4v) is 2.15. The third-order valence-electron chi connectivity index (χ3n) is 3.08. The van der Waals surface area contributed by atoms with E-state index in [0.717, 1.165) is 6.07 Å². The summed E-state index contributed by atoms with van der Waals surface area (Å²) in [6.07, 6.45) is 3.79. The zero-order valence-electron chi connectivity index (χ0n) is 14.8. The summed E-state index contributed by atoms with van der Waals surface area (Å²) in [4.78, 5) is 21.9. The minimum absolute atomic E-state index is 0.00181. The van der Waals surface area contributed by atoms with Gasteiger partial charge in [-0.05, 0) is 25.3 Å². The number of nitro benzene ring substituents is 1. The van der Waals surface area contributed by atoms with Gasteiger partial charge in [0.1, 0.15) is 5.75 Å². The molecule has 1 unspecified atom stereocenters. The van der Waals surface area contributed by atoms with Crippen LogP contribution in [0.4, 0.5) is 5.69 Å². The van der Waals surface area contributed by atoms with E-state index in [1.54, 1.807) is 6.08 Å². The maximum absolute atomic E-state index is 11.6. The Morgan fingerprint density at radius 1 is 1.48 bits per heavy atom. The molecule has 2 N–H and O–H groups in total. The largest absolute Gasteiger partial charge is 0.492 e. The number of benzene rings is 1. The summed E-state index contributed by atoms with van der Waals surface area (Å²) in [5.74, 6) is -0.638. The molecule has 0 aliphatic heterocycles. The highest BCUT2D eigenvalue weighted by Crippen LogP contribution is 2.35. The zero-order chi connectivity index (χ0) is 19.4. The van der Waals surface area contributed by atoms with Crippen LogP contribution in [0.2, 0.25) is 5.02 Å². The molecule has 1 rings (SSSR count). The van der Waals surface area contributed by atoms with Crippen LogP contribution in [0.1, 0.15) is 43.5 Å². The Labute approximate surface area is 152 Å². The minimum Gasteiger partial charge on any atom is -0.492 e. The summed E-state index contributed by atoms with van der Waals surface area (Å²) in [5.41, 5.74) is 5.43. The Morgan fingerprint density at radius 2 is 2.12 bits per heavy atom. The first-order valence-electron chi connectivity index (χ1n) is 7.96. The van der Waals surface area contributed by atoms with Crippen LogP contribution in [-0.4, -0.2) is 30.7 Å². The molecule has 1 aromatic carbocycles. The van der Waals surface area contributed by atoms with Crippen molar-refractivity contribution in [2.45, 2.75) is 39.2 Å². The maximum Gasteiger partial charge on any atom is 0.338 e. The maximum atomic E-state index is 11.6. The standard InChI is InChI=1S/C15H19ClN2O5.C2H6/c1-3-5-11(17)6-4-7-23-13-9-10(15(19)22-2)8-12(14(13)16)18(20)21;1-2/h3,8-9,11H,1,4-7,17H2,2H3;1-2H3. The second kappa shape index (κ2) is 12.3. The first-order chi connectivity index (χ1) is 11.9. The Hall–Kier alpha value is -2.12. The number of halogens is 1. The summed E-state index contributed by atoms with van der Waals surface area (Å²) in [6.45, 7) is 7.88. The van der Waals surface area contributed by atoms with Gasteiger partial charge in [-0.15, -0.1) is 6.58 Å². The summed E-state index contributed by atoms with van der Waals surface area (Å²) in [6, 6.07) is 2.37. The molecule has 0 spiro atoms. The van der Waals surface area contributed by atoms with Crippen molar-refractivity contribution in [2.75, 3.05) is 13.7 Å².